The van der Waals surface area contributed by atoms with E-state index < -0.39 is 11.5 Å². The maximum absolute atomic E-state index is 13.3. The summed E-state index contributed by atoms with van der Waals surface area (Å²) in [5, 5.41) is 5.34. The van der Waals surface area contributed by atoms with E-state index in [-0.39, 0.29) is 0 Å². The molecule has 0 aliphatic carbocycles. The van der Waals surface area contributed by atoms with Crippen molar-refractivity contribution < 1.29 is 9.15 Å². The summed E-state index contributed by atoms with van der Waals surface area (Å²) in [5.41, 5.74) is 3.14. The first kappa shape index (κ1) is 20.0. The van der Waals surface area contributed by atoms with E-state index in [9.17, 15) is 4.79 Å². The molecule has 0 amide bonds. The van der Waals surface area contributed by atoms with Crippen molar-refractivity contribution in [2.45, 2.75) is 5.92 Å². The lowest BCUT2D eigenvalue weighted by Gasteiger charge is -2.27. The van der Waals surface area contributed by atoms with Gasteiger partial charge in [0.05, 0.1) is 22.4 Å². The van der Waals surface area contributed by atoms with Crippen molar-refractivity contribution in [3.8, 4) is 23.0 Å². The zero-order valence-corrected chi connectivity index (χ0v) is 19.5. The van der Waals surface area contributed by atoms with Crippen molar-refractivity contribution in [2.75, 3.05) is 0 Å². The van der Waals surface area contributed by atoms with Crippen LogP contribution in [0.2, 0.25) is 0 Å². The van der Waals surface area contributed by atoms with Gasteiger partial charge in [0, 0.05) is 22.4 Å². The predicted molar refractivity (Wildman–Crippen MR) is 132 cm³/mol. The fourth-order valence-electron chi connectivity index (χ4n) is 4.57. The van der Waals surface area contributed by atoms with Crippen LogP contribution in [0.25, 0.3) is 28.0 Å². The average Bonchev–Trinajstić information content (AvgIpc) is 3.33. The van der Waals surface area contributed by atoms with Gasteiger partial charge >= 0.3 is 5.63 Å². The largest absolute Gasteiger partial charge is 0.437 e. The fraction of sp³-hybridized carbons (Fsp3) is 0.0385. The molecule has 0 saturated carbocycles. The first-order valence-electron chi connectivity index (χ1n) is 10.8. The molecule has 0 saturated heterocycles. The number of ether oxygens (including phenoxy) is 1. The highest BCUT2D eigenvalue weighted by Gasteiger charge is 2.37. The van der Waals surface area contributed by atoms with E-state index in [1.54, 1.807) is 29.3 Å². The minimum absolute atomic E-state index is 0.362. The van der Waals surface area contributed by atoms with Crippen LogP contribution in [-0.2, 0) is 0 Å². The summed E-state index contributed by atoms with van der Waals surface area (Å²) < 4.78 is 14.5. The highest BCUT2D eigenvalue weighted by molar-refractivity contribution is 9.10. The van der Waals surface area contributed by atoms with Crippen LogP contribution in [0.4, 0.5) is 0 Å². The maximum Gasteiger partial charge on any atom is 0.344 e. The van der Waals surface area contributed by atoms with E-state index in [1.807, 2.05) is 54.6 Å². The van der Waals surface area contributed by atoms with E-state index in [2.05, 4.69) is 31.0 Å². The van der Waals surface area contributed by atoms with Crippen LogP contribution in [0, 0.1) is 0 Å². The third-order valence-corrected chi connectivity index (χ3v) is 6.79. The van der Waals surface area contributed by atoms with Crippen LogP contribution in [-0.4, -0.2) is 24.6 Å². The third kappa shape index (κ3) is 3.01. The summed E-state index contributed by atoms with van der Waals surface area (Å²) in [6, 6.07) is 18.8. The molecule has 8 nitrogen and oxygen atoms in total. The van der Waals surface area contributed by atoms with Crippen molar-refractivity contribution in [1.29, 1.82) is 0 Å². The highest BCUT2D eigenvalue weighted by atomic mass is 79.9. The number of nitrogens with zero attached hydrogens (tertiary/aromatic N) is 5. The summed E-state index contributed by atoms with van der Waals surface area (Å²) in [6.07, 6.45) is 4.99. The van der Waals surface area contributed by atoms with Gasteiger partial charge < -0.3 is 9.15 Å². The Morgan fingerprint density at radius 2 is 1.83 bits per heavy atom. The molecule has 2 aromatic carbocycles. The Balaban J connectivity index is 1.56. The van der Waals surface area contributed by atoms with Gasteiger partial charge in [0.25, 0.3) is 0 Å². The number of para-hydroxylation sites is 1. The molecular weight excluding hydrogens is 510 g/mol. The van der Waals surface area contributed by atoms with Crippen molar-refractivity contribution >= 4 is 32.5 Å². The van der Waals surface area contributed by atoms with Crippen molar-refractivity contribution in [3.63, 3.8) is 0 Å². The summed E-state index contributed by atoms with van der Waals surface area (Å²) in [4.78, 5) is 27.0. The first-order valence-corrected chi connectivity index (χ1v) is 11.6. The van der Waals surface area contributed by atoms with Crippen LogP contribution >= 0.6 is 15.9 Å². The van der Waals surface area contributed by atoms with Gasteiger partial charge in [-0.3, -0.25) is 4.98 Å². The van der Waals surface area contributed by atoms with Crippen LogP contribution < -0.4 is 10.4 Å². The van der Waals surface area contributed by atoms with Crippen LogP contribution in [0.1, 0.15) is 22.6 Å². The zero-order valence-electron chi connectivity index (χ0n) is 17.9. The minimum Gasteiger partial charge on any atom is -0.437 e. The molecule has 1 aliphatic heterocycles. The lowest BCUT2D eigenvalue weighted by molar-refractivity contribution is 0.422. The first-order chi connectivity index (χ1) is 17.2. The molecule has 0 radical (unpaired) electrons. The van der Waals surface area contributed by atoms with E-state index in [0.29, 0.717) is 45.2 Å². The number of benzene rings is 2. The molecule has 5 heterocycles. The molecule has 1 unspecified atom stereocenters. The predicted octanol–water partition coefficient (Wildman–Crippen LogP) is 5.34. The Morgan fingerprint density at radius 3 is 2.69 bits per heavy atom. The average molecular weight is 524 g/mol. The summed E-state index contributed by atoms with van der Waals surface area (Å²) in [5.74, 6) is 0.756. The smallest absolute Gasteiger partial charge is 0.344 e. The van der Waals surface area contributed by atoms with Crippen molar-refractivity contribution in [1.82, 2.24) is 24.6 Å². The summed E-state index contributed by atoms with van der Waals surface area (Å²) in [7, 11) is 0. The number of halogens is 1. The molecule has 0 spiro atoms. The Morgan fingerprint density at radius 1 is 0.971 bits per heavy atom. The van der Waals surface area contributed by atoms with E-state index in [4.69, 9.17) is 14.1 Å². The molecule has 0 fully saturated rings. The van der Waals surface area contributed by atoms with Gasteiger partial charge in [-0.05, 0) is 35.9 Å². The Hall–Kier alpha value is -4.37. The van der Waals surface area contributed by atoms with Gasteiger partial charge in [0.2, 0.25) is 5.88 Å². The number of aromatic nitrogens is 5. The number of hydrogen-bond acceptors (Lipinski definition) is 7. The molecule has 1 atom stereocenters. The molecule has 0 bridgehead atoms. The van der Waals surface area contributed by atoms with Crippen LogP contribution in [0.3, 0.4) is 0 Å². The number of hydrogen-bond donors (Lipinski definition) is 0. The lowest BCUT2D eigenvalue weighted by Crippen LogP contribution is -2.22. The monoisotopic (exact) mass is 523 g/mol. The second-order valence-corrected chi connectivity index (χ2v) is 8.95. The van der Waals surface area contributed by atoms with Crippen molar-refractivity contribution in [2.24, 2.45) is 0 Å². The van der Waals surface area contributed by atoms with E-state index in [0.717, 1.165) is 15.6 Å². The zero-order chi connectivity index (χ0) is 23.5. The van der Waals surface area contributed by atoms with Gasteiger partial charge in [-0.25, -0.2) is 19.3 Å². The summed E-state index contributed by atoms with van der Waals surface area (Å²) >= 11 is 3.58. The summed E-state index contributed by atoms with van der Waals surface area (Å²) in [6.45, 7) is 0. The SMILES string of the molecule is O=c1oc2ccccc2c2c1C(c1cccnc1)c1c(ncn3nc(-c4ccccc4Br)nc13)O2. The molecule has 4 aromatic heterocycles. The van der Waals surface area contributed by atoms with Crippen LogP contribution in [0.15, 0.2) is 93.1 Å². The number of fused-ring (bicyclic) bond motifs is 6. The van der Waals surface area contributed by atoms with Gasteiger partial charge in [-0.2, -0.15) is 0 Å². The Labute approximate surface area is 206 Å². The fourth-order valence-corrected chi connectivity index (χ4v) is 5.03. The third-order valence-electron chi connectivity index (χ3n) is 6.09. The number of pyridine rings is 1. The molecule has 1 aliphatic rings. The van der Waals surface area contributed by atoms with Crippen molar-refractivity contribution in [3.05, 3.63) is 111 Å². The Kier molecular flexibility index (Phi) is 4.34. The number of rotatable bonds is 2. The molecule has 7 rings (SSSR count). The molecule has 168 valence electrons. The molecule has 9 heteroatoms. The highest BCUT2D eigenvalue weighted by Crippen LogP contribution is 2.48. The van der Waals surface area contributed by atoms with E-state index in [1.165, 1.54) is 0 Å². The van der Waals surface area contributed by atoms with Gasteiger partial charge in [0.15, 0.2) is 17.2 Å². The minimum atomic E-state index is -0.559. The van der Waals surface area contributed by atoms with Gasteiger partial charge in [-0.15, -0.1) is 5.10 Å². The normalized spacial score (nSPS) is 14.5. The molecule has 35 heavy (non-hydrogen) atoms. The van der Waals surface area contributed by atoms with Gasteiger partial charge in [0.1, 0.15) is 11.9 Å². The second-order valence-electron chi connectivity index (χ2n) is 8.10. The maximum atomic E-state index is 13.3. The lowest BCUT2D eigenvalue weighted by atomic mass is 9.85. The topological polar surface area (TPSA) is 95.4 Å². The van der Waals surface area contributed by atoms with E-state index >= 15 is 0 Å². The quantitative estimate of drug-likeness (QED) is 0.282. The molecule has 0 N–H and O–H groups in total. The van der Waals surface area contributed by atoms with Crippen LogP contribution in [0.5, 0.6) is 11.6 Å². The molecule has 6 aromatic rings. The standard InChI is InChI=1S/C26H14BrN5O3/c27-17-9-3-1-7-15(17)23-30-24-21-19(14-6-5-11-28-12-14)20-22(35-25(21)29-13-32(24)31-23)16-8-2-4-10-18(16)34-26(20)33/h1-13,19H. The Bertz CT molecular complexity index is 1830. The second kappa shape index (κ2) is 7.57. The van der Waals surface area contributed by atoms with Gasteiger partial charge in [-0.1, -0.05) is 46.3 Å². The molecular formula is C26H14BrN5O3.